The molecule has 0 atom stereocenters. The number of nitrogens with zero attached hydrogens (tertiary/aromatic N) is 2. The number of nitrogens with one attached hydrogen (secondary N) is 4. The van der Waals surface area contributed by atoms with Crippen LogP contribution < -0.4 is 20.7 Å². The number of allylic oxidation sites excluding steroid dienone is 1. The average molecular weight is 396 g/mol. The van der Waals surface area contributed by atoms with E-state index >= 15 is 0 Å². The number of benzene rings is 1. The molecular formula is C17H19F3N6O2. The molecule has 0 unspecified atom stereocenters. The van der Waals surface area contributed by atoms with Gasteiger partial charge in [-0.15, -0.1) is 0 Å². The van der Waals surface area contributed by atoms with Crippen molar-refractivity contribution < 1.29 is 23.0 Å². The van der Waals surface area contributed by atoms with Crippen molar-refractivity contribution in [1.29, 1.82) is 5.41 Å². The Hall–Kier alpha value is -3.34. The Labute approximate surface area is 159 Å². The van der Waals surface area contributed by atoms with E-state index in [0.717, 1.165) is 12.4 Å². The molecule has 0 fully saturated rings. The molecule has 5 N–H and O–H groups in total. The van der Waals surface area contributed by atoms with Gasteiger partial charge in [-0.3, -0.25) is 0 Å². The zero-order valence-corrected chi connectivity index (χ0v) is 14.6. The first-order valence-corrected chi connectivity index (χ1v) is 8.14. The summed E-state index contributed by atoms with van der Waals surface area (Å²) in [4.78, 5) is 7.79. The molecule has 1 heterocycles. The number of aromatic nitrogens is 2. The third-order valence-electron chi connectivity index (χ3n) is 3.25. The Balaban J connectivity index is 2.05. The Morgan fingerprint density at radius 1 is 1.36 bits per heavy atom. The van der Waals surface area contributed by atoms with E-state index in [9.17, 15) is 13.2 Å². The number of aliphatic hydroxyl groups excluding tert-OH is 1. The van der Waals surface area contributed by atoms with Crippen molar-refractivity contribution in [1.82, 2.24) is 15.3 Å². The minimum Gasteiger partial charge on any atom is -0.435 e. The Kier molecular flexibility index (Phi) is 8.03. The van der Waals surface area contributed by atoms with Crippen LogP contribution in [0.25, 0.3) is 0 Å². The fraction of sp³-hybridized carbons (Fsp3) is 0.235. The summed E-state index contributed by atoms with van der Waals surface area (Å²) in [5, 5.41) is 24.3. The highest BCUT2D eigenvalue weighted by Gasteiger charge is 2.09. The van der Waals surface area contributed by atoms with Gasteiger partial charge in [-0.2, -0.15) is 13.8 Å². The second-order valence-electron chi connectivity index (χ2n) is 5.32. The van der Waals surface area contributed by atoms with Crippen molar-refractivity contribution in [2.24, 2.45) is 0 Å². The molecule has 0 aliphatic rings. The van der Waals surface area contributed by atoms with Gasteiger partial charge in [0.05, 0.1) is 18.5 Å². The maximum atomic E-state index is 14.0. The molecule has 0 amide bonds. The minimum atomic E-state index is -2.93. The molecule has 11 heteroatoms. The van der Waals surface area contributed by atoms with Gasteiger partial charge < -0.3 is 31.2 Å². The van der Waals surface area contributed by atoms with E-state index in [1.807, 2.05) is 0 Å². The van der Waals surface area contributed by atoms with Gasteiger partial charge in [-0.05, 0) is 17.7 Å². The lowest BCUT2D eigenvalue weighted by molar-refractivity contribution is -0.0498. The standard InChI is InChI=1S/C17H19F3N6O2/c18-14-10-24-17(25-12(7-21)9-22-4-5-27)26-15(14)23-8-11-2-1-3-13(6-11)28-16(19)20/h1-3,6-7,9-10,16,21-22,27H,4-5,8H2,(H2,23,24,25,26)/b12-9+,21-7?. The van der Waals surface area contributed by atoms with E-state index in [1.54, 1.807) is 12.1 Å². The molecule has 8 nitrogen and oxygen atoms in total. The lowest BCUT2D eigenvalue weighted by atomic mass is 10.2. The van der Waals surface area contributed by atoms with Crippen molar-refractivity contribution in [2.75, 3.05) is 23.8 Å². The van der Waals surface area contributed by atoms with Crippen LogP contribution in [0.1, 0.15) is 5.56 Å². The van der Waals surface area contributed by atoms with Crippen LogP contribution in [0, 0.1) is 11.2 Å². The highest BCUT2D eigenvalue weighted by Crippen LogP contribution is 2.18. The first-order valence-electron chi connectivity index (χ1n) is 8.14. The maximum Gasteiger partial charge on any atom is 0.387 e. The summed E-state index contributed by atoms with van der Waals surface area (Å²) >= 11 is 0. The first kappa shape index (κ1) is 21.0. The first-order chi connectivity index (χ1) is 13.5. The van der Waals surface area contributed by atoms with E-state index < -0.39 is 12.4 Å². The van der Waals surface area contributed by atoms with Crippen LogP contribution in [0.15, 0.2) is 42.4 Å². The molecule has 0 saturated heterocycles. The third kappa shape index (κ3) is 6.76. The number of halogens is 3. The van der Waals surface area contributed by atoms with Gasteiger partial charge in [0, 0.05) is 25.5 Å². The van der Waals surface area contributed by atoms with Gasteiger partial charge in [-0.25, -0.2) is 9.37 Å². The van der Waals surface area contributed by atoms with E-state index in [1.165, 1.54) is 18.3 Å². The molecule has 150 valence electrons. The Morgan fingerprint density at radius 2 is 2.18 bits per heavy atom. The van der Waals surface area contributed by atoms with Crippen LogP contribution in [0.3, 0.4) is 0 Å². The number of alkyl halides is 2. The molecule has 1 aromatic heterocycles. The quantitative estimate of drug-likeness (QED) is 0.292. The molecule has 2 aromatic rings. The molecular weight excluding hydrogens is 377 g/mol. The maximum absolute atomic E-state index is 14.0. The molecule has 28 heavy (non-hydrogen) atoms. The van der Waals surface area contributed by atoms with Gasteiger partial charge >= 0.3 is 6.61 Å². The molecule has 0 spiro atoms. The number of ether oxygens (including phenoxy) is 1. The lowest BCUT2D eigenvalue weighted by Crippen LogP contribution is -2.15. The lowest BCUT2D eigenvalue weighted by Gasteiger charge is -2.11. The van der Waals surface area contributed by atoms with Crippen molar-refractivity contribution in [3.63, 3.8) is 0 Å². The van der Waals surface area contributed by atoms with Crippen LogP contribution in [-0.4, -0.2) is 41.1 Å². The van der Waals surface area contributed by atoms with Gasteiger partial charge in [0.2, 0.25) is 5.95 Å². The second-order valence-corrected chi connectivity index (χ2v) is 5.32. The minimum absolute atomic E-state index is 0.00374. The summed E-state index contributed by atoms with van der Waals surface area (Å²) in [7, 11) is 0. The number of hydrogen-bond acceptors (Lipinski definition) is 8. The number of rotatable bonds is 11. The molecule has 0 saturated carbocycles. The fourth-order valence-corrected chi connectivity index (χ4v) is 2.06. The largest absolute Gasteiger partial charge is 0.435 e. The zero-order chi connectivity index (χ0) is 20.4. The third-order valence-corrected chi connectivity index (χ3v) is 3.25. The van der Waals surface area contributed by atoms with Crippen LogP contribution in [0.5, 0.6) is 5.75 Å². The van der Waals surface area contributed by atoms with Gasteiger partial charge in [0.25, 0.3) is 0 Å². The summed E-state index contributed by atoms with van der Waals surface area (Å²) in [5.74, 6) is -0.773. The predicted molar refractivity (Wildman–Crippen MR) is 98.0 cm³/mol. The average Bonchev–Trinajstić information content (AvgIpc) is 2.67. The van der Waals surface area contributed by atoms with E-state index in [4.69, 9.17) is 10.5 Å². The fourth-order valence-electron chi connectivity index (χ4n) is 2.06. The van der Waals surface area contributed by atoms with E-state index in [2.05, 4.69) is 30.7 Å². The predicted octanol–water partition coefficient (Wildman–Crippen LogP) is 2.31. The molecule has 0 aliphatic carbocycles. The second kappa shape index (κ2) is 10.7. The van der Waals surface area contributed by atoms with Crippen molar-refractivity contribution in [3.8, 4) is 5.75 Å². The van der Waals surface area contributed by atoms with Crippen LogP contribution in [-0.2, 0) is 6.54 Å². The number of aliphatic hydroxyl groups is 1. The molecule has 0 aliphatic heterocycles. The number of hydrogen-bond donors (Lipinski definition) is 5. The summed E-state index contributed by atoms with van der Waals surface area (Å²) in [6, 6.07) is 5.99. The highest BCUT2D eigenvalue weighted by atomic mass is 19.3. The van der Waals surface area contributed by atoms with Crippen molar-refractivity contribution in [3.05, 3.63) is 53.7 Å². The summed E-state index contributed by atoms with van der Waals surface area (Å²) in [6.45, 7) is -2.60. The van der Waals surface area contributed by atoms with Gasteiger partial charge in [-0.1, -0.05) is 12.1 Å². The van der Waals surface area contributed by atoms with Gasteiger partial charge in [0.15, 0.2) is 11.6 Å². The monoisotopic (exact) mass is 396 g/mol. The molecule has 0 bridgehead atoms. The van der Waals surface area contributed by atoms with Crippen LogP contribution in [0.4, 0.5) is 24.9 Å². The highest BCUT2D eigenvalue weighted by molar-refractivity contribution is 5.79. The summed E-state index contributed by atoms with van der Waals surface area (Å²) < 4.78 is 42.8. The van der Waals surface area contributed by atoms with Crippen LogP contribution >= 0.6 is 0 Å². The van der Waals surface area contributed by atoms with E-state index in [0.29, 0.717) is 17.8 Å². The van der Waals surface area contributed by atoms with Crippen molar-refractivity contribution in [2.45, 2.75) is 13.2 Å². The summed E-state index contributed by atoms with van der Waals surface area (Å²) in [5.41, 5.74) is 0.877. The molecule has 1 aromatic carbocycles. The topological polar surface area (TPSA) is 115 Å². The summed E-state index contributed by atoms with van der Waals surface area (Å²) in [6.07, 6.45) is 3.40. The van der Waals surface area contributed by atoms with Crippen LogP contribution in [0.2, 0.25) is 0 Å². The molecule has 0 radical (unpaired) electrons. The smallest absolute Gasteiger partial charge is 0.387 e. The van der Waals surface area contributed by atoms with Gasteiger partial charge in [0.1, 0.15) is 5.75 Å². The van der Waals surface area contributed by atoms with Crippen molar-refractivity contribution >= 4 is 18.0 Å². The zero-order valence-electron chi connectivity index (χ0n) is 14.6. The number of anilines is 2. The normalized spacial score (nSPS) is 11.2. The Morgan fingerprint density at radius 3 is 2.89 bits per heavy atom. The van der Waals surface area contributed by atoms with E-state index in [-0.39, 0.29) is 30.7 Å². The SMILES string of the molecule is N=C/C(=C\NCCO)Nc1ncc(F)c(NCc2cccc(OC(F)F)c2)n1. The Bertz CT molecular complexity index is 819. The molecule has 2 rings (SSSR count).